The second kappa shape index (κ2) is 6.20. The van der Waals surface area contributed by atoms with Crippen LogP contribution in [-0.4, -0.2) is 39.6 Å². The molecule has 128 valence electrons. The van der Waals surface area contributed by atoms with Crippen LogP contribution >= 0.6 is 0 Å². The number of aromatic nitrogens is 3. The molecule has 0 aliphatic carbocycles. The normalized spacial score (nSPS) is 17.2. The van der Waals surface area contributed by atoms with Crippen LogP contribution in [0.3, 0.4) is 0 Å². The largest absolute Gasteiger partial charge is 0.496 e. The van der Waals surface area contributed by atoms with E-state index >= 15 is 0 Å². The lowest BCUT2D eigenvalue weighted by atomic mass is 10.0. The number of aryl methyl sites for hydroxylation is 1. The van der Waals surface area contributed by atoms with Gasteiger partial charge in [-0.05, 0) is 31.9 Å². The number of nitrogens with zero attached hydrogens (tertiary/aromatic N) is 3. The molecule has 1 aliphatic rings. The number of rotatable bonds is 3. The molecular formula is C19H20N4O2. The number of hydrogen-bond acceptors (Lipinski definition) is 4. The molecule has 0 radical (unpaired) electrons. The van der Waals surface area contributed by atoms with E-state index in [4.69, 9.17) is 4.74 Å². The standard InChI is InChI=1S/C19H20N4O2/c1-12-15-10-13(11-20-18(15)22-21-12)19(24)23-9-5-7-16(23)14-6-3-4-8-17(14)25-2/h3-4,6,8,10-11,16H,5,7,9H2,1-2H3,(H,20,21,22). The number of aromatic amines is 1. The Kier molecular flexibility index (Phi) is 3.87. The highest BCUT2D eigenvalue weighted by atomic mass is 16.5. The van der Waals surface area contributed by atoms with Gasteiger partial charge in [0.2, 0.25) is 0 Å². The first kappa shape index (κ1) is 15.6. The maximum Gasteiger partial charge on any atom is 0.255 e. The second-order valence-corrected chi connectivity index (χ2v) is 6.33. The number of fused-ring (bicyclic) bond motifs is 1. The summed E-state index contributed by atoms with van der Waals surface area (Å²) in [6.07, 6.45) is 3.54. The molecule has 4 rings (SSSR count). The highest BCUT2D eigenvalue weighted by molar-refractivity contribution is 5.97. The molecule has 1 saturated heterocycles. The Labute approximate surface area is 145 Å². The summed E-state index contributed by atoms with van der Waals surface area (Å²) in [7, 11) is 1.67. The van der Waals surface area contributed by atoms with E-state index in [1.165, 1.54) is 0 Å². The molecule has 0 saturated carbocycles. The van der Waals surface area contributed by atoms with Gasteiger partial charge in [0.25, 0.3) is 5.91 Å². The molecule has 6 nitrogen and oxygen atoms in total. The van der Waals surface area contributed by atoms with E-state index in [-0.39, 0.29) is 11.9 Å². The number of carbonyl (C=O) groups is 1. The molecule has 3 aromatic rings. The lowest BCUT2D eigenvalue weighted by Crippen LogP contribution is -2.30. The van der Waals surface area contributed by atoms with Gasteiger partial charge in [-0.3, -0.25) is 9.89 Å². The van der Waals surface area contributed by atoms with Gasteiger partial charge >= 0.3 is 0 Å². The molecule has 6 heteroatoms. The Morgan fingerprint density at radius 2 is 2.20 bits per heavy atom. The molecule has 1 N–H and O–H groups in total. The van der Waals surface area contributed by atoms with Crippen molar-refractivity contribution in [2.75, 3.05) is 13.7 Å². The zero-order valence-corrected chi connectivity index (χ0v) is 14.3. The van der Waals surface area contributed by atoms with Gasteiger partial charge in [-0.15, -0.1) is 0 Å². The SMILES string of the molecule is COc1ccccc1C1CCCN1C(=O)c1cnc2[nH]nc(C)c2c1. The molecule has 2 aromatic heterocycles. The van der Waals surface area contributed by atoms with E-state index in [1.54, 1.807) is 13.3 Å². The molecule has 1 aliphatic heterocycles. The van der Waals surface area contributed by atoms with Gasteiger partial charge in [-0.1, -0.05) is 18.2 Å². The van der Waals surface area contributed by atoms with Crippen LogP contribution in [0.4, 0.5) is 0 Å². The van der Waals surface area contributed by atoms with E-state index in [1.807, 2.05) is 42.2 Å². The van der Waals surface area contributed by atoms with Gasteiger partial charge in [0, 0.05) is 23.7 Å². The van der Waals surface area contributed by atoms with Crippen molar-refractivity contribution in [3.63, 3.8) is 0 Å². The fourth-order valence-corrected chi connectivity index (χ4v) is 3.58. The fourth-order valence-electron chi connectivity index (χ4n) is 3.58. The number of benzene rings is 1. The minimum Gasteiger partial charge on any atom is -0.496 e. The Morgan fingerprint density at radius 1 is 1.36 bits per heavy atom. The van der Waals surface area contributed by atoms with Crippen molar-refractivity contribution in [1.29, 1.82) is 0 Å². The smallest absolute Gasteiger partial charge is 0.255 e. The average Bonchev–Trinajstić information content (AvgIpc) is 3.28. The van der Waals surface area contributed by atoms with Crippen LogP contribution in [0.2, 0.25) is 0 Å². The monoisotopic (exact) mass is 336 g/mol. The summed E-state index contributed by atoms with van der Waals surface area (Å²) >= 11 is 0. The third-order valence-electron chi connectivity index (χ3n) is 4.87. The van der Waals surface area contributed by atoms with Gasteiger partial charge in [-0.25, -0.2) is 4.98 Å². The predicted molar refractivity (Wildman–Crippen MR) is 94.6 cm³/mol. The Bertz CT molecular complexity index is 934. The van der Waals surface area contributed by atoms with E-state index in [0.717, 1.165) is 41.8 Å². The number of methoxy groups -OCH3 is 1. The number of pyridine rings is 1. The minimum atomic E-state index is 0.00315. The third kappa shape index (κ3) is 2.63. The molecule has 1 atom stereocenters. The highest BCUT2D eigenvalue weighted by Crippen LogP contribution is 2.37. The van der Waals surface area contributed by atoms with E-state index in [2.05, 4.69) is 15.2 Å². The summed E-state index contributed by atoms with van der Waals surface area (Å²) in [6, 6.07) is 9.82. The van der Waals surface area contributed by atoms with Crippen molar-refractivity contribution in [3.8, 4) is 5.75 Å². The maximum absolute atomic E-state index is 13.1. The number of carbonyl (C=O) groups excluding carboxylic acids is 1. The molecule has 0 spiro atoms. The van der Waals surface area contributed by atoms with Gasteiger partial charge < -0.3 is 9.64 Å². The van der Waals surface area contributed by atoms with Crippen LogP contribution in [0, 0.1) is 6.92 Å². The molecule has 1 unspecified atom stereocenters. The Balaban J connectivity index is 1.69. The number of hydrogen-bond donors (Lipinski definition) is 1. The second-order valence-electron chi connectivity index (χ2n) is 6.33. The number of ether oxygens (including phenoxy) is 1. The van der Waals surface area contributed by atoms with Crippen molar-refractivity contribution in [2.45, 2.75) is 25.8 Å². The van der Waals surface area contributed by atoms with Gasteiger partial charge in [0.15, 0.2) is 5.65 Å². The van der Waals surface area contributed by atoms with E-state index in [9.17, 15) is 4.79 Å². The first-order valence-electron chi connectivity index (χ1n) is 8.43. The summed E-state index contributed by atoms with van der Waals surface area (Å²) in [6.45, 7) is 2.65. The van der Waals surface area contributed by atoms with Crippen LogP contribution in [0.1, 0.15) is 40.5 Å². The lowest BCUT2D eigenvalue weighted by Gasteiger charge is -2.26. The summed E-state index contributed by atoms with van der Waals surface area (Å²) in [5, 5.41) is 7.91. The summed E-state index contributed by atoms with van der Waals surface area (Å²) in [5.41, 5.74) is 3.21. The minimum absolute atomic E-state index is 0.00315. The van der Waals surface area contributed by atoms with Crippen molar-refractivity contribution in [2.24, 2.45) is 0 Å². The molecule has 1 fully saturated rings. The number of nitrogens with one attached hydrogen (secondary N) is 1. The van der Waals surface area contributed by atoms with Crippen LogP contribution in [0.5, 0.6) is 5.75 Å². The summed E-state index contributed by atoms with van der Waals surface area (Å²) in [5.74, 6) is 0.829. The molecule has 1 aromatic carbocycles. The Hall–Kier alpha value is -2.89. The van der Waals surface area contributed by atoms with Crippen LogP contribution in [0.15, 0.2) is 36.5 Å². The molecule has 1 amide bonds. The molecular weight excluding hydrogens is 316 g/mol. The van der Waals surface area contributed by atoms with E-state index in [0.29, 0.717) is 11.2 Å². The predicted octanol–water partition coefficient (Wildman–Crippen LogP) is 3.25. The van der Waals surface area contributed by atoms with Gasteiger partial charge in [0.1, 0.15) is 5.75 Å². The zero-order valence-electron chi connectivity index (χ0n) is 14.3. The van der Waals surface area contributed by atoms with Crippen molar-refractivity contribution in [3.05, 3.63) is 53.3 Å². The average molecular weight is 336 g/mol. The number of para-hydroxylation sites is 1. The Morgan fingerprint density at radius 3 is 3.04 bits per heavy atom. The van der Waals surface area contributed by atoms with Crippen molar-refractivity contribution < 1.29 is 9.53 Å². The summed E-state index contributed by atoms with van der Waals surface area (Å²) < 4.78 is 5.49. The van der Waals surface area contributed by atoms with Crippen LogP contribution in [0.25, 0.3) is 11.0 Å². The van der Waals surface area contributed by atoms with Crippen molar-refractivity contribution >= 4 is 16.9 Å². The molecule has 25 heavy (non-hydrogen) atoms. The van der Waals surface area contributed by atoms with Gasteiger partial charge in [0.05, 0.1) is 24.4 Å². The van der Waals surface area contributed by atoms with Gasteiger partial charge in [-0.2, -0.15) is 5.10 Å². The third-order valence-corrected chi connectivity index (χ3v) is 4.87. The van der Waals surface area contributed by atoms with Crippen LogP contribution in [-0.2, 0) is 0 Å². The number of likely N-dealkylation sites (tertiary alicyclic amines) is 1. The highest BCUT2D eigenvalue weighted by Gasteiger charge is 2.32. The zero-order chi connectivity index (χ0) is 17.4. The summed E-state index contributed by atoms with van der Waals surface area (Å²) in [4.78, 5) is 19.4. The number of amides is 1. The topological polar surface area (TPSA) is 71.1 Å². The number of H-pyrrole nitrogens is 1. The fraction of sp³-hybridized carbons (Fsp3) is 0.316. The lowest BCUT2D eigenvalue weighted by molar-refractivity contribution is 0.0734. The maximum atomic E-state index is 13.1. The van der Waals surface area contributed by atoms with Crippen LogP contribution < -0.4 is 4.74 Å². The molecule has 3 heterocycles. The first-order valence-corrected chi connectivity index (χ1v) is 8.43. The van der Waals surface area contributed by atoms with E-state index < -0.39 is 0 Å². The first-order chi connectivity index (χ1) is 12.2. The molecule has 0 bridgehead atoms. The van der Waals surface area contributed by atoms with Crippen molar-refractivity contribution in [1.82, 2.24) is 20.1 Å². The quantitative estimate of drug-likeness (QED) is 0.797.